The highest BCUT2D eigenvalue weighted by molar-refractivity contribution is 7.10. The molecule has 3 heterocycles. The van der Waals surface area contributed by atoms with Gasteiger partial charge in [0, 0.05) is 29.9 Å². The Morgan fingerprint density at radius 2 is 2.44 bits per heavy atom. The first-order chi connectivity index (χ1) is 7.76. The molecule has 2 aliphatic heterocycles. The molecule has 0 saturated carbocycles. The predicted molar refractivity (Wildman–Crippen MR) is 69.1 cm³/mol. The Morgan fingerprint density at radius 1 is 1.50 bits per heavy atom. The number of nitrogens with zero attached hydrogens (tertiary/aromatic N) is 1. The van der Waals surface area contributed by atoms with Crippen LogP contribution in [0.2, 0.25) is 5.02 Å². The molecule has 0 radical (unpaired) electrons. The summed E-state index contributed by atoms with van der Waals surface area (Å²) in [5.41, 5.74) is 0.584. The summed E-state index contributed by atoms with van der Waals surface area (Å²) in [7, 11) is 0. The molecule has 1 N–H and O–H groups in total. The van der Waals surface area contributed by atoms with Crippen molar-refractivity contribution in [3.05, 3.63) is 21.3 Å². The first-order valence-electron chi connectivity index (χ1n) is 5.92. The van der Waals surface area contributed by atoms with E-state index in [1.54, 1.807) is 11.3 Å². The van der Waals surface area contributed by atoms with E-state index < -0.39 is 0 Å². The van der Waals surface area contributed by atoms with Gasteiger partial charge in [-0.15, -0.1) is 11.3 Å². The number of thiophene rings is 1. The largest absolute Gasteiger partial charge is 0.316 e. The number of hydrogen-bond acceptors (Lipinski definition) is 3. The first kappa shape index (κ1) is 11.0. The van der Waals surface area contributed by atoms with Gasteiger partial charge in [-0.3, -0.25) is 4.90 Å². The van der Waals surface area contributed by atoms with Crippen LogP contribution in [0.5, 0.6) is 0 Å². The average Bonchev–Trinajstić information content (AvgIpc) is 2.94. The molecule has 4 heteroatoms. The summed E-state index contributed by atoms with van der Waals surface area (Å²) >= 11 is 7.73. The lowest BCUT2D eigenvalue weighted by atomic mass is 9.87. The van der Waals surface area contributed by atoms with Crippen LogP contribution in [0.4, 0.5) is 0 Å². The highest BCUT2D eigenvalue weighted by Gasteiger charge is 2.40. The molecule has 1 aromatic heterocycles. The Kier molecular flexibility index (Phi) is 2.96. The summed E-state index contributed by atoms with van der Waals surface area (Å²) in [5.74, 6) is 0. The second-order valence-corrected chi connectivity index (χ2v) is 6.55. The number of halogens is 1. The minimum absolute atomic E-state index is 0.584. The van der Waals surface area contributed by atoms with Crippen LogP contribution in [0.25, 0.3) is 0 Å². The summed E-state index contributed by atoms with van der Waals surface area (Å²) in [6.45, 7) is 6.01. The molecule has 0 aromatic carbocycles. The van der Waals surface area contributed by atoms with Crippen LogP contribution in [-0.2, 0) is 6.54 Å². The zero-order valence-electron chi connectivity index (χ0n) is 9.34. The van der Waals surface area contributed by atoms with E-state index in [9.17, 15) is 0 Å². The van der Waals surface area contributed by atoms with Crippen LogP contribution in [0.1, 0.15) is 17.7 Å². The fraction of sp³-hybridized carbons (Fsp3) is 0.667. The van der Waals surface area contributed by atoms with E-state index in [2.05, 4.69) is 16.3 Å². The normalized spacial score (nSPS) is 30.6. The number of rotatable bonds is 2. The van der Waals surface area contributed by atoms with Crippen molar-refractivity contribution < 1.29 is 0 Å². The molecular weight excluding hydrogens is 240 g/mol. The standard InChI is InChI=1S/C12H17ClN2S/c13-10-5-11(16-7-10)6-15-4-2-12(9-15)1-3-14-8-12/h5,7,14H,1-4,6,8-9H2. The lowest BCUT2D eigenvalue weighted by Crippen LogP contribution is -2.28. The molecule has 1 atom stereocenters. The summed E-state index contributed by atoms with van der Waals surface area (Å²) in [6, 6.07) is 2.10. The lowest BCUT2D eigenvalue weighted by molar-refractivity contribution is 0.270. The van der Waals surface area contributed by atoms with E-state index in [-0.39, 0.29) is 0 Å². The van der Waals surface area contributed by atoms with E-state index in [4.69, 9.17) is 11.6 Å². The van der Waals surface area contributed by atoms with Gasteiger partial charge in [0.1, 0.15) is 0 Å². The van der Waals surface area contributed by atoms with Crippen molar-refractivity contribution in [2.24, 2.45) is 5.41 Å². The second kappa shape index (κ2) is 4.30. The molecule has 1 unspecified atom stereocenters. The van der Waals surface area contributed by atoms with E-state index in [0.29, 0.717) is 5.41 Å². The molecule has 2 fully saturated rings. The van der Waals surface area contributed by atoms with Crippen molar-refractivity contribution in [3.8, 4) is 0 Å². The molecule has 88 valence electrons. The second-order valence-electron chi connectivity index (χ2n) is 5.12. The van der Waals surface area contributed by atoms with Crippen molar-refractivity contribution in [2.45, 2.75) is 19.4 Å². The Balaban J connectivity index is 1.61. The predicted octanol–water partition coefficient (Wildman–Crippen LogP) is 2.59. The zero-order chi connectivity index (χ0) is 11.0. The molecule has 16 heavy (non-hydrogen) atoms. The summed E-state index contributed by atoms with van der Waals surface area (Å²) in [4.78, 5) is 3.97. The fourth-order valence-corrected chi connectivity index (χ4v) is 4.08. The van der Waals surface area contributed by atoms with Crippen molar-refractivity contribution >= 4 is 22.9 Å². The van der Waals surface area contributed by atoms with Gasteiger partial charge in [-0.25, -0.2) is 0 Å². The molecule has 0 amide bonds. The van der Waals surface area contributed by atoms with Crippen LogP contribution < -0.4 is 5.32 Å². The molecule has 1 spiro atoms. The van der Waals surface area contributed by atoms with Crippen LogP contribution in [0.15, 0.2) is 11.4 Å². The molecular formula is C12H17ClN2S. The molecule has 0 bridgehead atoms. The third-order valence-corrected chi connectivity index (χ3v) is 5.12. The van der Waals surface area contributed by atoms with E-state index in [1.807, 2.05) is 5.38 Å². The lowest BCUT2D eigenvalue weighted by Gasteiger charge is -2.22. The van der Waals surface area contributed by atoms with Crippen molar-refractivity contribution in [3.63, 3.8) is 0 Å². The maximum absolute atomic E-state index is 5.95. The summed E-state index contributed by atoms with van der Waals surface area (Å²) in [5, 5.41) is 6.41. The van der Waals surface area contributed by atoms with Crippen molar-refractivity contribution in [2.75, 3.05) is 26.2 Å². The summed E-state index contributed by atoms with van der Waals surface area (Å²) < 4.78 is 0. The highest BCUT2D eigenvalue weighted by Crippen LogP contribution is 2.37. The van der Waals surface area contributed by atoms with Crippen LogP contribution >= 0.6 is 22.9 Å². The van der Waals surface area contributed by atoms with Gasteiger partial charge in [0.2, 0.25) is 0 Å². The molecule has 2 nitrogen and oxygen atoms in total. The molecule has 1 aromatic rings. The molecule has 0 aliphatic carbocycles. The minimum atomic E-state index is 0.584. The minimum Gasteiger partial charge on any atom is -0.316 e. The van der Waals surface area contributed by atoms with E-state index in [0.717, 1.165) is 11.6 Å². The van der Waals surface area contributed by atoms with Crippen LogP contribution in [0.3, 0.4) is 0 Å². The van der Waals surface area contributed by atoms with Gasteiger partial charge in [0.15, 0.2) is 0 Å². The monoisotopic (exact) mass is 256 g/mol. The molecule has 2 saturated heterocycles. The summed E-state index contributed by atoms with van der Waals surface area (Å²) in [6.07, 6.45) is 2.72. The third-order valence-electron chi connectivity index (χ3n) is 3.85. The zero-order valence-corrected chi connectivity index (χ0v) is 10.9. The van der Waals surface area contributed by atoms with Gasteiger partial charge in [-0.05, 0) is 37.4 Å². The average molecular weight is 257 g/mol. The Morgan fingerprint density at radius 3 is 3.12 bits per heavy atom. The third kappa shape index (κ3) is 2.14. The van der Waals surface area contributed by atoms with Gasteiger partial charge in [0.05, 0.1) is 5.02 Å². The first-order valence-corrected chi connectivity index (χ1v) is 7.18. The number of hydrogen-bond donors (Lipinski definition) is 1. The van der Waals surface area contributed by atoms with Gasteiger partial charge in [0.25, 0.3) is 0 Å². The van der Waals surface area contributed by atoms with Crippen molar-refractivity contribution in [1.82, 2.24) is 10.2 Å². The van der Waals surface area contributed by atoms with Crippen LogP contribution in [0, 0.1) is 5.41 Å². The Hall–Kier alpha value is -0.0900. The Bertz CT molecular complexity index is 371. The topological polar surface area (TPSA) is 15.3 Å². The smallest absolute Gasteiger partial charge is 0.0516 e. The fourth-order valence-electron chi connectivity index (χ4n) is 2.96. The van der Waals surface area contributed by atoms with E-state index in [1.165, 1.54) is 43.9 Å². The van der Waals surface area contributed by atoms with E-state index >= 15 is 0 Å². The van der Waals surface area contributed by atoms with Crippen LogP contribution in [-0.4, -0.2) is 31.1 Å². The van der Waals surface area contributed by atoms with Crippen molar-refractivity contribution in [1.29, 1.82) is 0 Å². The maximum Gasteiger partial charge on any atom is 0.0516 e. The van der Waals surface area contributed by atoms with Gasteiger partial charge in [-0.2, -0.15) is 0 Å². The maximum atomic E-state index is 5.95. The molecule has 2 aliphatic rings. The highest BCUT2D eigenvalue weighted by atomic mass is 35.5. The Labute approximate surface area is 106 Å². The quantitative estimate of drug-likeness (QED) is 0.875. The van der Waals surface area contributed by atoms with Gasteiger partial charge >= 0.3 is 0 Å². The van der Waals surface area contributed by atoms with Gasteiger partial charge < -0.3 is 5.32 Å². The number of likely N-dealkylation sites (tertiary alicyclic amines) is 1. The van der Waals surface area contributed by atoms with Gasteiger partial charge in [-0.1, -0.05) is 11.6 Å². The number of nitrogens with one attached hydrogen (secondary N) is 1. The molecule has 3 rings (SSSR count). The SMILES string of the molecule is Clc1csc(CN2CCC3(CCNC3)C2)c1.